The highest BCUT2D eigenvalue weighted by Gasteiger charge is 2.32. The maximum Gasteiger partial charge on any atom is 0.414 e. The van der Waals surface area contributed by atoms with Crippen LogP contribution in [0.3, 0.4) is 0 Å². The van der Waals surface area contributed by atoms with Crippen LogP contribution in [0.2, 0.25) is 0 Å². The van der Waals surface area contributed by atoms with E-state index < -0.39 is 18.0 Å². The third-order valence-corrected chi connectivity index (χ3v) is 5.50. The minimum atomic E-state index is -0.537. The van der Waals surface area contributed by atoms with Crippen LogP contribution in [-0.4, -0.2) is 47.9 Å². The fraction of sp³-hybridized carbons (Fsp3) is 0.273. The molecule has 1 aromatic carbocycles. The summed E-state index contributed by atoms with van der Waals surface area (Å²) in [4.78, 5) is 31.5. The number of anilines is 3. The molecule has 2 fully saturated rings. The molecule has 0 saturated carbocycles. The Bertz CT molecular complexity index is 1140. The summed E-state index contributed by atoms with van der Waals surface area (Å²) >= 11 is 0. The van der Waals surface area contributed by atoms with Crippen LogP contribution in [0.4, 0.5) is 26.5 Å². The highest BCUT2D eigenvalue weighted by molar-refractivity contribution is 5.94. The number of hydrogen-bond acceptors (Lipinski definition) is 7. The van der Waals surface area contributed by atoms with Crippen molar-refractivity contribution in [2.24, 2.45) is 0 Å². The lowest BCUT2D eigenvalue weighted by Crippen LogP contribution is -2.27. The predicted octanol–water partition coefficient (Wildman–Crippen LogP) is 3.44. The Labute approximate surface area is 182 Å². The van der Waals surface area contributed by atoms with Crippen LogP contribution in [0.25, 0.3) is 11.1 Å². The van der Waals surface area contributed by atoms with Crippen molar-refractivity contribution in [2.75, 3.05) is 34.8 Å². The van der Waals surface area contributed by atoms with E-state index in [-0.39, 0.29) is 12.5 Å². The molecule has 2 aliphatic rings. The molecule has 2 saturated heterocycles. The molecule has 4 heterocycles. The summed E-state index contributed by atoms with van der Waals surface area (Å²) in [5.74, 6) is 0.682. The summed E-state index contributed by atoms with van der Waals surface area (Å²) in [7, 11) is 0. The number of hydrogen-bond donors (Lipinski definition) is 1. The Hall–Kier alpha value is -3.95. The molecule has 164 valence electrons. The second-order valence-electron chi connectivity index (χ2n) is 7.60. The zero-order valence-electron chi connectivity index (χ0n) is 17.0. The van der Waals surface area contributed by atoms with Crippen LogP contribution < -0.4 is 15.1 Å². The number of carbonyl (C=O) groups is 2. The van der Waals surface area contributed by atoms with E-state index in [2.05, 4.69) is 15.5 Å². The summed E-state index contributed by atoms with van der Waals surface area (Å²) in [6.45, 7) is 1.28. The van der Waals surface area contributed by atoms with Gasteiger partial charge in [0.25, 0.3) is 0 Å². The quantitative estimate of drug-likeness (QED) is 0.630. The van der Waals surface area contributed by atoms with Gasteiger partial charge in [-0.05, 0) is 36.8 Å². The fourth-order valence-electron chi connectivity index (χ4n) is 3.86. The number of amides is 2. The standard InChI is InChI=1S/C22H20FN5O4/c23-18-10-15(28-13-16(32-22(28)30)12-24-19-7-9-31-26-19)4-5-17(18)14-3-6-20(25-11-14)27-8-1-2-21(27)29/h3-7,9-11,16H,1-2,8,12-13H2,(H,24,26)/t16-/m0/s1. The van der Waals surface area contributed by atoms with Crippen LogP contribution in [0.15, 0.2) is 53.4 Å². The van der Waals surface area contributed by atoms with Crippen LogP contribution >= 0.6 is 0 Å². The van der Waals surface area contributed by atoms with Crippen LogP contribution in [0.1, 0.15) is 12.8 Å². The molecular weight excluding hydrogens is 417 g/mol. The van der Waals surface area contributed by atoms with Gasteiger partial charge in [0, 0.05) is 36.4 Å². The molecule has 2 aliphatic heterocycles. The molecular formula is C22H20FN5O4. The highest BCUT2D eigenvalue weighted by Crippen LogP contribution is 2.30. The Kier molecular flexibility index (Phi) is 5.18. The molecule has 0 aliphatic carbocycles. The maximum absolute atomic E-state index is 14.9. The molecule has 2 amide bonds. The number of ether oxygens (including phenoxy) is 1. The first-order valence-electron chi connectivity index (χ1n) is 10.3. The second kappa shape index (κ2) is 8.29. The van der Waals surface area contributed by atoms with Gasteiger partial charge >= 0.3 is 6.09 Å². The Morgan fingerprint density at radius 1 is 1.16 bits per heavy atom. The van der Waals surface area contributed by atoms with Gasteiger partial charge in [0.2, 0.25) is 5.91 Å². The Balaban J connectivity index is 1.28. The lowest BCUT2D eigenvalue weighted by molar-refractivity contribution is -0.117. The molecule has 2 aromatic heterocycles. The van der Waals surface area contributed by atoms with Gasteiger partial charge in [-0.3, -0.25) is 14.6 Å². The van der Waals surface area contributed by atoms with E-state index in [0.29, 0.717) is 48.0 Å². The minimum absolute atomic E-state index is 0.0489. The van der Waals surface area contributed by atoms with Crippen LogP contribution in [0.5, 0.6) is 0 Å². The molecule has 0 spiro atoms. The van der Waals surface area contributed by atoms with E-state index in [0.717, 1.165) is 6.42 Å². The molecule has 5 rings (SSSR count). The molecule has 10 heteroatoms. The normalized spacial score (nSPS) is 18.3. The monoisotopic (exact) mass is 437 g/mol. The van der Waals surface area contributed by atoms with Gasteiger partial charge in [-0.2, -0.15) is 0 Å². The summed E-state index contributed by atoms with van der Waals surface area (Å²) < 4.78 is 25.0. The SMILES string of the molecule is O=C1O[C@@H](CNc2ccon2)CN1c1ccc(-c2ccc(N3CCCC3=O)nc2)c(F)c1. The number of carbonyl (C=O) groups excluding carboxylic acids is 2. The van der Waals surface area contributed by atoms with Crippen molar-refractivity contribution in [1.82, 2.24) is 10.1 Å². The zero-order valence-corrected chi connectivity index (χ0v) is 17.0. The third kappa shape index (κ3) is 3.86. The highest BCUT2D eigenvalue weighted by atomic mass is 19.1. The molecule has 3 aromatic rings. The lowest BCUT2D eigenvalue weighted by atomic mass is 10.1. The first-order chi connectivity index (χ1) is 15.6. The van der Waals surface area contributed by atoms with Gasteiger partial charge in [0.15, 0.2) is 5.82 Å². The number of pyridine rings is 1. The summed E-state index contributed by atoms with van der Waals surface area (Å²) in [5, 5.41) is 6.76. The van der Waals surface area contributed by atoms with E-state index in [1.165, 1.54) is 17.2 Å². The van der Waals surface area contributed by atoms with Crippen molar-refractivity contribution in [3.8, 4) is 11.1 Å². The van der Waals surface area contributed by atoms with Gasteiger partial charge in [0.1, 0.15) is 24.0 Å². The molecule has 32 heavy (non-hydrogen) atoms. The molecule has 1 N–H and O–H groups in total. The number of nitrogens with zero attached hydrogens (tertiary/aromatic N) is 4. The van der Waals surface area contributed by atoms with Gasteiger partial charge in [-0.25, -0.2) is 14.2 Å². The van der Waals surface area contributed by atoms with Gasteiger partial charge < -0.3 is 14.6 Å². The average molecular weight is 437 g/mol. The number of halogens is 1. The molecule has 9 nitrogen and oxygen atoms in total. The van der Waals surface area contributed by atoms with Crippen molar-refractivity contribution in [3.05, 3.63) is 54.7 Å². The number of benzene rings is 1. The van der Waals surface area contributed by atoms with E-state index in [1.807, 2.05) is 0 Å². The van der Waals surface area contributed by atoms with Crippen molar-refractivity contribution in [1.29, 1.82) is 0 Å². The van der Waals surface area contributed by atoms with Crippen molar-refractivity contribution < 1.29 is 23.2 Å². The van der Waals surface area contributed by atoms with Gasteiger partial charge in [0.05, 0.1) is 18.8 Å². The molecule has 0 bridgehead atoms. The first kappa shape index (κ1) is 20.0. The minimum Gasteiger partial charge on any atom is -0.442 e. The number of rotatable bonds is 6. The van der Waals surface area contributed by atoms with E-state index in [9.17, 15) is 14.0 Å². The Morgan fingerprint density at radius 3 is 2.75 bits per heavy atom. The topological polar surface area (TPSA) is 101 Å². The zero-order chi connectivity index (χ0) is 22.1. The van der Waals surface area contributed by atoms with Gasteiger partial charge in [-0.15, -0.1) is 0 Å². The van der Waals surface area contributed by atoms with Crippen molar-refractivity contribution in [3.63, 3.8) is 0 Å². The second-order valence-corrected chi connectivity index (χ2v) is 7.60. The van der Waals surface area contributed by atoms with Crippen LogP contribution in [0, 0.1) is 5.82 Å². The molecule has 0 unspecified atom stereocenters. The summed E-state index contributed by atoms with van der Waals surface area (Å²) in [5.41, 5.74) is 1.35. The average Bonchev–Trinajstić information content (AvgIpc) is 3.54. The number of cyclic esters (lactones) is 1. The van der Waals surface area contributed by atoms with Gasteiger partial charge in [-0.1, -0.05) is 5.16 Å². The number of aromatic nitrogens is 2. The summed E-state index contributed by atoms with van der Waals surface area (Å²) in [6, 6.07) is 9.70. The first-order valence-corrected chi connectivity index (χ1v) is 10.3. The maximum atomic E-state index is 14.9. The van der Waals surface area contributed by atoms with Crippen LogP contribution in [-0.2, 0) is 9.53 Å². The smallest absolute Gasteiger partial charge is 0.414 e. The van der Waals surface area contributed by atoms with Crippen molar-refractivity contribution >= 4 is 29.3 Å². The molecule has 1 atom stereocenters. The van der Waals surface area contributed by atoms with E-state index in [4.69, 9.17) is 9.26 Å². The van der Waals surface area contributed by atoms with Crippen molar-refractivity contribution in [2.45, 2.75) is 18.9 Å². The molecule has 0 radical (unpaired) electrons. The summed E-state index contributed by atoms with van der Waals surface area (Å²) in [6.07, 6.45) is 3.38. The van der Waals surface area contributed by atoms with E-state index in [1.54, 1.807) is 41.4 Å². The number of nitrogens with one attached hydrogen (secondary N) is 1. The lowest BCUT2D eigenvalue weighted by Gasteiger charge is -2.16. The Morgan fingerprint density at radius 2 is 2.06 bits per heavy atom. The third-order valence-electron chi connectivity index (χ3n) is 5.50. The largest absolute Gasteiger partial charge is 0.442 e. The fourth-order valence-corrected chi connectivity index (χ4v) is 3.86. The van der Waals surface area contributed by atoms with E-state index >= 15 is 0 Å². The predicted molar refractivity (Wildman–Crippen MR) is 114 cm³/mol.